The third kappa shape index (κ3) is 22.6. The molecular weight excluding hydrogens is 544 g/mol. The summed E-state index contributed by atoms with van der Waals surface area (Å²) in [6.07, 6.45) is 0. The van der Waals surface area contributed by atoms with E-state index in [1.807, 2.05) is 18.2 Å². The van der Waals surface area contributed by atoms with Crippen molar-refractivity contribution < 1.29 is 46.3 Å². The Bertz CT molecular complexity index is 744. The number of phenolic OH excluding ortho intramolecular Hbond substituents is 3. The van der Waals surface area contributed by atoms with Crippen LogP contribution in [0.3, 0.4) is 0 Å². The normalized spacial score (nSPS) is 10.2. The summed E-state index contributed by atoms with van der Waals surface area (Å²) in [4.78, 5) is 10.7. The van der Waals surface area contributed by atoms with Crippen LogP contribution in [0.4, 0.5) is 0 Å². The van der Waals surface area contributed by atoms with E-state index in [0.717, 1.165) is 18.1 Å². The summed E-state index contributed by atoms with van der Waals surface area (Å²) in [7, 11) is -1.94. The van der Waals surface area contributed by atoms with E-state index in [9.17, 15) is 4.80 Å². The minimum Gasteiger partial charge on any atom is -0.508 e. The molecule has 198 valence electrons. The molecule has 0 aliphatic heterocycles. The molecule has 3 rings (SSSR count). The van der Waals surface area contributed by atoms with Crippen molar-refractivity contribution in [3.63, 3.8) is 0 Å². The zero-order chi connectivity index (χ0) is 26.7. The van der Waals surface area contributed by atoms with E-state index in [4.69, 9.17) is 15.3 Å². The Morgan fingerprint density at radius 3 is 0.778 bits per heavy atom. The van der Waals surface area contributed by atoms with E-state index in [2.05, 4.69) is 41.5 Å². The SMILES string of the molecule is CC(C)C[Si](O)(CC(C)C)CC(C)C.Oc1ccccc1.Oc1ccccc1.Oc1ccccc1.[Zr]. The molecule has 4 nitrogen and oxygen atoms in total. The second-order valence-corrected chi connectivity index (χ2v) is 13.7. The second kappa shape index (κ2) is 21.2. The van der Waals surface area contributed by atoms with Crippen LogP contribution in [0.1, 0.15) is 41.5 Å². The Balaban J connectivity index is 0. The zero-order valence-electron chi connectivity index (χ0n) is 22.8. The van der Waals surface area contributed by atoms with Crippen LogP contribution in [0.2, 0.25) is 18.1 Å². The monoisotopic (exact) mass is 588 g/mol. The van der Waals surface area contributed by atoms with E-state index < -0.39 is 8.32 Å². The summed E-state index contributed by atoms with van der Waals surface area (Å²) in [6, 6.07) is 29.4. The van der Waals surface area contributed by atoms with Crippen molar-refractivity contribution in [3.05, 3.63) is 91.0 Å². The van der Waals surface area contributed by atoms with Gasteiger partial charge in [0.05, 0.1) is 0 Å². The largest absolute Gasteiger partial charge is 0.508 e. The minimum absolute atomic E-state index is 0. The number of benzene rings is 3. The fourth-order valence-electron chi connectivity index (χ4n) is 3.81. The van der Waals surface area contributed by atoms with Gasteiger partial charge in [0.15, 0.2) is 8.32 Å². The fourth-order valence-corrected chi connectivity index (χ4v) is 8.87. The van der Waals surface area contributed by atoms with Crippen LogP contribution >= 0.6 is 0 Å². The van der Waals surface area contributed by atoms with Gasteiger partial charge in [0.25, 0.3) is 0 Å². The summed E-state index contributed by atoms with van der Waals surface area (Å²) in [5.74, 6) is 2.89. The molecular formula is C30H46O4SiZr. The first-order chi connectivity index (χ1) is 16.4. The minimum atomic E-state index is -1.94. The molecule has 3 aromatic carbocycles. The molecule has 0 heterocycles. The fraction of sp³-hybridized carbons (Fsp3) is 0.400. The molecule has 0 fully saturated rings. The van der Waals surface area contributed by atoms with Crippen LogP contribution in [0.15, 0.2) is 91.0 Å². The molecule has 0 radical (unpaired) electrons. The quantitative estimate of drug-likeness (QED) is 0.219. The van der Waals surface area contributed by atoms with Crippen molar-refractivity contribution in [1.82, 2.24) is 0 Å². The van der Waals surface area contributed by atoms with Gasteiger partial charge < -0.3 is 20.1 Å². The summed E-state index contributed by atoms with van der Waals surface area (Å²) >= 11 is 0. The number of para-hydroxylation sites is 3. The number of aromatic hydroxyl groups is 3. The summed E-state index contributed by atoms with van der Waals surface area (Å²) < 4.78 is 0. The maximum atomic E-state index is 10.7. The van der Waals surface area contributed by atoms with Crippen LogP contribution in [0.5, 0.6) is 17.2 Å². The van der Waals surface area contributed by atoms with Crippen molar-refractivity contribution in [2.75, 3.05) is 0 Å². The van der Waals surface area contributed by atoms with Gasteiger partial charge in [-0.1, -0.05) is 96.1 Å². The molecule has 0 saturated carbocycles. The van der Waals surface area contributed by atoms with Gasteiger partial charge in [0.1, 0.15) is 17.2 Å². The number of phenols is 3. The maximum absolute atomic E-state index is 10.7. The van der Waals surface area contributed by atoms with Gasteiger partial charge in [-0.3, -0.25) is 0 Å². The van der Waals surface area contributed by atoms with Crippen molar-refractivity contribution in [2.45, 2.75) is 59.7 Å². The van der Waals surface area contributed by atoms with Gasteiger partial charge in [-0.05, 0) is 72.3 Å². The van der Waals surface area contributed by atoms with E-state index >= 15 is 0 Å². The van der Waals surface area contributed by atoms with Gasteiger partial charge >= 0.3 is 0 Å². The average molecular weight is 590 g/mol. The molecule has 0 unspecified atom stereocenters. The van der Waals surface area contributed by atoms with E-state index in [-0.39, 0.29) is 26.2 Å². The molecule has 0 amide bonds. The van der Waals surface area contributed by atoms with Crippen molar-refractivity contribution in [1.29, 1.82) is 0 Å². The van der Waals surface area contributed by atoms with Crippen LogP contribution in [0, 0.1) is 17.8 Å². The Labute approximate surface area is 239 Å². The average Bonchev–Trinajstić information content (AvgIpc) is 2.75. The summed E-state index contributed by atoms with van der Waals surface area (Å²) in [5.41, 5.74) is 0. The van der Waals surface area contributed by atoms with E-state index in [0.29, 0.717) is 35.0 Å². The van der Waals surface area contributed by atoms with Crippen molar-refractivity contribution in [3.8, 4) is 17.2 Å². The van der Waals surface area contributed by atoms with Gasteiger partial charge in [-0.15, -0.1) is 0 Å². The standard InChI is InChI=1S/C12H28OSi.3C6H6O.Zr/c1-10(2)7-14(13,8-11(3)4)9-12(5)6;3*7-6-4-2-1-3-5-6;/h10-13H,7-9H2,1-6H3;3*1-5,7H;. The molecule has 0 bridgehead atoms. The molecule has 6 heteroatoms. The molecule has 0 aliphatic rings. The number of hydrogen-bond acceptors (Lipinski definition) is 4. The molecule has 3 aromatic rings. The first kappa shape index (κ1) is 36.3. The first-order valence-corrected chi connectivity index (χ1v) is 14.9. The number of hydrogen-bond donors (Lipinski definition) is 4. The Hall–Kier alpha value is -1.88. The Kier molecular flexibility index (Phi) is 21.4. The topological polar surface area (TPSA) is 80.9 Å². The predicted octanol–water partition coefficient (Wildman–Crippen LogP) is 8.07. The van der Waals surface area contributed by atoms with Crippen LogP contribution in [-0.4, -0.2) is 28.4 Å². The van der Waals surface area contributed by atoms with Crippen molar-refractivity contribution >= 4 is 8.32 Å². The summed E-state index contributed by atoms with van der Waals surface area (Å²) in [5, 5.41) is 25.9. The maximum Gasteiger partial charge on any atom is 0.189 e. The molecule has 0 aliphatic carbocycles. The third-order valence-corrected chi connectivity index (χ3v) is 9.36. The number of rotatable bonds is 6. The molecule has 36 heavy (non-hydrogen) atoms. The molecule has 0 aromatic heterocycles. The molecule has 0 spiro atoms. The summed E-state index contributed by atoms with van der Waals surface area (Å²) in [6.45, 7) is 13.3. The van der Waals surface area contributed by atoms with E-state index in [1.165, 1.54) is 0 Å². The van der Waals surface area contributed by atoms with Crippen LogP contribution < -0.4 is 0 Å². The molecule has 0 saturated heterocycles. The second-order valence-electron chi connectivity index (χ2n) is 10.0. The van der Waals surface area contributed by atoms with E-state index in [1.54, 1.807) is 72.8 Å². The van der Waals surface area contributed by atoms with Crippen LogP contribution in [0.25, 0.3) is 0 Å². The van der Waals surface area contributed by atoms with Gasteiger partial charge in [0, 0.05) is 26.2 Å². The van der Waals surface area contributed by atoms with Crippen LogP contribution in [-0.2, 0) is 26.2 Å². The smallest absolute Gasteiger partial charge is 0.189 e. The predicted molar refractivity (Wildman–Crippen MR) is 151 cm³/mol. The Morgan fingerprint density at radius 2 is 0.667 bits per heavy atom. The van der Waals surface area contributed by atoms with Crippen molar-refractivity contribution in [2.24, 2.45) is 17.8 Å². The zero-order valence-corrected chi connectivity index (χ0v) is 26.3. The molecule has 4 N–H and O–H groups in total. The van der Waals surface area contributed by atoms with Gasteiger partial charge in [-0.25, -0.2) is 0 Å². The van der Waals surface area contributed by atoms with Gasteiger partial charge in [-0.2, -0.15) is 0 Å². The molecule has 0 atom stereocenters. The van der Waals surface area contributed by atoms with Gasteiger partial charge in [0.2, 0.25) is 0 Å². The first-order valence-electron chi connectivity index (χ1n) is 12.4. The third-order valence-electron chi connectivity index (χ3n) is 4.63. The Morgan fingerprint density at radius 1 is 0.472 bits per heavy atom.